The van der Waals surface area contributed by atoms with Gasteiger partial charge in [0.2, 0.25) is 5.91 Å². The number of urea groups is 1. The first-order valence-corrected chi connectivity index (χ1v) is 9.27. The number of aromatic nitrogens is 2. The lowest BCUT2D eigenvalue weighted by Crippen LogP contribution is -2.76. The van der Waals surface area contributed by atoms with Crippen molar-refractivity contribution < 1.29 is 27.5 Å². The van der Waals surface area contributed by atoms with Gasteiger partial charge in [0.05, 0.1) is 18.3 Å². The first-order chi connectivity index (χ1) is 13.2. The molecule has 3 fully saturated rings. The molecule has 0 radical (unpaired) electrons. The largest absolute Gasteiger partial charge is 0.504 e. The zero-order valence-electron chi connectivity index (χ0n) is 15.2. The zero-order valence-corrected chi connectivity index (χ0v) is 15.2. The number of likely N-dealkylation sites (tertiary alicyclic amines) is 2. The topological polar surface area (TPSA) is 79.7 Å². The Kier molecular flexibility index (Phi) is 4.72. The van der Waals surface area contributed by atoms with Crippen molar-refractivity contribution in [3.63, 3.8) is 0 Å². The maximum absolute atomic E-state index is 12.6. The minimum atomic E-state index is -4.49. The van der Waals surface area contributed by atoms with Gasteiger partial charge in [-0.15, -0.1) is 13.2 Å². The summed E-state index contributed by atoms with van der Waals surface area (Å²) in [5.41, 5.74) is 0.0990. The highest BCUT2D eigenvalue weighted by Gasteiger charge is 2.49. The van der Waals surface area contributed by atoms with Crippen LogP contribution < -0.4 is 5.32 Å². The third-order valence-electron chi connectivity index (χ3n) is 5.58. The summed E-state index contributed by atoms with van der Waals surface area (Å²) < 4.78 is 43.1. The predicted octanol–water partition coefficient (Wildman–Crippen LogP) is 0.935. The SMILES string of the molecule is O=C1COCC2(CN(C(=O)N3CCC(Cc4cnn(C(F)(F)F)c4)CC3)C2)N1. The molecular weight excluding hydrogens is 379 g/mol. The van der Waals surface area contributed by atoms with Gasteiger partial charge in [-0.3, -0.25) is 4.79 Å². The normalized spacial score (nSPS) is 22.9. The van der Waals surface area contributed by atoms with Crippen molar-refractivity contribution in [2.75, 3.05) is 39.4 Å². The van der Waals surface area contributed by atoms with Gasteiger partial charge in [0.1, 0.15) is 6.61 Å². The minimum Gasteiger partial charge on any atom is -0.369 e. The molecule has 1 aromatic rings. The van der Waals surface area contributed by atoms with Gasteiger partial charge >= 0.3 is 12.3 Å². The summed E-state index contributed by atoms with van der Waals surface area (Å²) in [6.07, 6.45) is -0.216. The molecule has 1 spiro atoms. The van der Waals surface area contributed by atoms with Gasteiger partial charge in [0, 0.05) is 32.4 Å². The van der Waals surface area contributed by atoms with Crippen molar-refractivity contribution in [3.8, 4) is 0 Å². The number of rotatable bonds is 2. The molecule has 4 rings (SSSR count). The second kappa shape index (κ2) is 6.94. The second-order valence-corrected chi connectivity index (χ2v) is 7.86. The lowest BCUT2D eigenvalue weighted by atomic mass is 9.89. The van der Waals surface area contributed by atoms with Crippen LogP contribution in [0.2, 0.25) is 0 Å². The first kappa shape index (κ1) is 19.0. The number of alkyl halides is 3. The van der Waals surface area contributed by atoms with Crippen LogP contribution >= 0.6 is 0 Å². The van der Waals surface area contributed by atoms with E-state index in [0.29, 0.717) is 44.8 Å². The molecule has 11 heteroatoms. The van der Waals surface area contributed by atoms with E-state index in [1.807, 2.05) is 0 Å². The molecule has 1 N–H and O–H groups in total. The van der Waals surface area contributed by atoms with Crippen LogP contribution in [-0.4, -0.2) is 76.5 Å². The molecule has 0 aromatic carbocycles. The number of amides is 3. The smallest absolute Gasteiger partial charge is 0.369 e. The van der Waals surface area contributed by atoms with Gasteiger partial charge < -0.3 is 19.9 Å². The predicted molar refractivity (Wildman–Crippen MR) is 90.2 cm³/mol. The van der Waals surface area contributed by atoms with Crippen LogP contribution in [0.1, 0.15) is 18.4 Å². The van der Waals surface area contributed by atoms with E-state index in [2.05, 4.69) is 10.4 Å². The van der Waals surface area contributed by atoms with E-state index in [4.69, 9.17) is 4.74 Å². The van der Waals surface area contributed by atoms with Crippen molar-refractivity contribution in [1.82, 2.24) is 24.9 Å². The zero-order chi connectivity index (χ0) is 19.9. The number of nitrogens with one attached hydrogen (secondary N) is 1. The highest BCUT2D eigenvalue weighted by Crippen LogP contribution is 2.28. The Morgan fingerprint density at radius 2 is 2.00 bits per heavy atom. The van der Waals surface area contributed by atoms with Gasteiger partial charge in [0.25, 0.3) is 0 Å². The van der Waals surface area contributed by atoms with E-state index in [9.17, 15) is 22.8 Å². The molecule has 1 aromatic heterocycles. The third kappa shape index (κ3) is 3.80. The lowest BCUT2D eigenvalue weighted by molar-refractivity contribution is -0.212. The highest BCUT2D eigenvalue weighted by molar-refractivity contribution is 5.81. The lowest BCUT2D eigenvalue weighted by Gasteiger charge is -2.52. The number of nitrogens with zero attached hydrogens (tertiary/aromatic N) is 4. The molecule has 4 heterocycles. The molecule has 154 valence electrons. The molecule has 0 saturated carbocycles. The molecular formula is C17H22F3N5O3. The summed E-state index contributed by atoms with van der Waals surface area (Å²) in [7, 11) is 0. The number of carbonyl (C=O) groups is 2. The molecule has 3 aliphatic heterocycles. The Morgan fingerprint density at radius 3 is 2.61 bits per heavy atom. The van der Waals surface area contributed by atoms with Crippen molar-refractivity contribution in [3.05, 3.63) is 18.0 Å². The van der Waals surface area contributed by atoms with Crippen molar-refractivity contribution >= 4 is 11.9 Å². The van der Waals surface area contributed by atoms with Crippen LogP contribution in [0.25, 0.3) is 0 Å². The molecule has 0 atom stereocenters. The summed E-state index contributed by atoms with van der Waals surface area (Å²) in [6.45, 7) is 2.50. The van der Waals surface area contributed by atoms with Gasteiger partial charge in [0.15, 0.2) is 0 Å². The van der Waals surface area contributed by atoms with E-state index in [1.54, 1.807) is 9.80 Å². The van der Waals surface area contributed by atoms with Crippen molar-refractivity contribution in [2.24, 2.45) is 5.92 Å². The number of hydrogen-bond donors (Lipinski definition) is 1. The van der Waals surface area contributed by atoms with Gasteiger partial charge in [-0.1, -0.05) is 0 Å². The number of carbonyl (C=O) groups excluding carboxylic acids is 2. The maximum atomic E-state index is 12.6. The maximum Gasteiger partial charge on any atom is 0.504 e. The average molecular weight is 401 g/mol. The van der Waals surface area contributed by atoms with Crippen molar-refractivity contribution in [1.29, 1.82) is 0 Å². The third-order valence-corrected chi connectivity index (χ3v) is 5.58. The Morgan fingerprint density at radius 1 is 1.29 bits per heavy atom. The summed E-state index contributed by atoms with van der Waals surface area (Å²) in [5, 5.41) is 6.26. The van der Waals surface area contributed by atoms with Crippen LogP contribution in [0.15, 0.2) is 12.4 Å². The summed E-state index contributed by atoms with van der Waals surface area (Å²) in [4.78, 5) is 27.6. The number of hydrogen-bond acceptors (Lipinski definition) is 4. The Balaban J connectivity index is 1.24. The molecule has 8 nitrogen and oxygen atoms in total. The molecule has 3 saturated heterocycles. The fourth-order valence-electron chi connectivity index (χ4n) is 4.16. The fourth-order valence-corrected chi connectivity index (χ4v) is 4.16. The van der Waals surface area contributed by atoms with Crippen LogP contribution in [0.3, 0.4) is 0 Å². The molecule has 0 bridgehead atoms. The number of piperidine rings is 1. The quantitative estimate of drug-likeness (QED) is 0.800. The average Bonchev–Trinajstić information content (AvgIpc) is 3.08. The Labute approximate surface area is 159 Å². The molecule has 28 heavy (non-hydrogen) atoms. The van der Waals surface area contributed by atoms with Crippen LogP contribution in [0.5, 0.6) is 0 Å². The van der Waals surface area contributed by atoms with Gasteiger partial charge in [-0.25, -0.2) is 4.79 Å². The van der Waals surface area contributed by atoms with Crippen LogP contribution in [-0.2, 0) is 22.3 Å². The second-order valence-electron chi connectivity index (χ2n) is 7.86. The molecule has 0 aliphatic carbocycles. The van der Waals surface area contributed by atoms with E-state index in [0.717, 1.165) is 19.0 Å². The number of halogens is 3. The monoisotopic (exact) mass is 401 g/mol. The van der Waals surface area contributed by atoms with Crippen LogP contribution in [0.4, 0.5) is 18.0 Å². The van der Waals surface area contributed by atoms with Crippen LogP contribution in [0, 0.1) is 5.92 Å². The number of ether oxygens (including phenoxy) is 1. The Hall–Kier alpha value is -2.30. The fraction of sp³-hybridized carbons (Fsp3) is 0.706. The van der Waals surface area contributed by atoms with Crippen molar-refractivity contribution in [2.45, 2.75) is 31.1 Å². The van der Waals surface area contributed by atoms with E-state index >= 15 is 0 Å². The van der Waals surface area contributed by atoms with Gasteiger partial charge in [-0.05, 0) is 30.7 Å². The van der Waals surface area contributed by atoms with Gasteiger partial charge in [-0.2, -0.15) is 9.78 Å². The summed E-state index contributed by atoms with van der Waals surface area (Å²) in [6, 6.07) is -0.0613. The molecule has 3 aliphatic rings. The molecule has 3 amide bonds. The number of morpholine rings is 1. The van der Waals surface area contributed by atoms with E-state index in [1.165, 1.54) is 6.20 Å². The standard InChI is InChI=1S/C17H22F3N5O3/c18-17(19,20)25-7-13(6-21-25)5-12-1-3-23(4-2-12)15(27)24-9-16(10-24)11-28-8-14(26)22-16/h6-7,12H,1-5,8-11H2,(H,22,26). The summed E-state index contributed by atoms with van der Waals surface area (Å²) >= 11 is 0. The summed E-state index contributed by atoms with van der Waals surface area (Å²) in [5.74, 6) is 0.0664. The molecule has 0 unspecified atom stereocenters. The first-order valence-electron chi connectivity index (χ1n) is 9.27. The minimum absolute atomic E-state index is 0.0223. The van der Waals surface area contributed by atoms with E-state index < -0.39 is 11.8 Å². The highest BCUT2D eigenvalue weighted by atomic mass is 19.4. The Bertz CT molecular complexity index is 751. The van der Waals surface area contributed by atoms with E-state index in [-0.39, 0.29) is 29.1 Å².